The lowest BCUT2D eigenvalue weighted by Crippen LogP contribution is -2.32. The molecule has 0 aliphatic heterocycles. The molecule has 134 valence electrons. The van der Waals surface area contributed by atoms with Crippen LogP contribution < -0.4 is 0 Å². The Balaban J connectivity index is 1.66. The van der Waals surface area contributed by atoms with Gasteiger partial charge in [0.05, 0.1) is 10.7 Å². The Morgan fingerprint density at radius 3 is 2.60 bits per heavy atom. The summed E-state index contributed by atoms with van der Waals surface area (Å²) < 4.78 is 13.0. The molecule has 1 saturated carbocycles. The van der Waals surface area contributed by atoms with Gasteiger partial charge in [-0.1, -0.05) is 31.4 Å². The fourth-order valence-electron chi connectivity index (χ4n) is 3.52. The molecule has 0 unspecified atom stereocenters. The Morgan fingerprint density at radius 2 is 1.92 bits per heavy atom. The van der Waals surface area contributed by atoms with Crippen LogP contribution in [0.4, 0.5) is 4.39 Å². The molecule has 2 aromatic rings. The maximum absolute atomic E-state index is 13.0. The summed E-state index contributed by atoms with van der Waals surface area (Å²) in [6, 6.07) is 6.45. The molecule has 25 heavy (non-hydrogen) atoms. The molecule has 1 aliphatic carbocycles. The van der Waals surface area contributed by atoms with E-state index >= 15 is 0 Å². The average molecular weight is 360 g/mol. The first-order valence-electron chi connectivity index (χ1n) is 8.99. The van der Waals surface area contributed by atoms with Gasteiger partial charge in [0.2, 0.25) is 0 Å². The highest BCUT2D eigenvalue weighted by molar-refractivity contribution is 7.13. The Bertz CT molecular complexity index is 720. The van der Waals surface area contributed by atoms with Crippen molar-refractivity contribution in [2.45, 2.75) is 45.4 Å². The third-order valence-corrected chi connectivity index (χ3v) is 6.05. The van der Waals surface area contributed by atoms with E-state index in [1.807, 2.05) is 18.9 Å². The van der Waals surface area contributed by atoms with Crippen LogP contribution >= 0.6 is 11.3 Å². The molecular formula is C20H25FN2OS. The SMILES string of the molecule is Cc1nc(Cc2ccc(F)cc2)sc1C(=O)N(C)CC1CCCCC1. The van der Waals surface area contributed by atoms with Crippen LogP contribution in [0.5, 0.6) is 0 Å². The molecule has 1 heterocycles. The lowest BCUT2D eigenvalue weighted by molar-refractivity contribution is 0.0764. The highest BCUT2D eigenvalue weighted by Crippen LogP contribution is 2.26. The van der Waals surface area contributed by atoms with Crippen molar-refractivity contribution in [2.24, 2.45) is 5.92 Å². The predicted molar refractivity (Wildman–Crippen MR) is 99.6 cm³/mol. The topological polar surface area (TPSA) is 33.2 Å². The highest BCUT2D eigenvalue weighted by Gasteiger charge is 2.22. The van der Waals surface area contributed by atoms with Gasteiger partial charge in [-0.15, -0.1) is 11.3 Å². The Hall–Kier alpha value is -1.75. The summed E-state index contributed by atoms with van der Waals surface area (Å²) in [5.74, 6) is 0.472. The number of benzene rings is 1. The van der Waals surface area contributed by atoms with Gasteiger partial charge in [0.1, 0.15) is 10.7 Å². The molecule has 1 aromatic carbocycles. The van der Waals surface area contributed by atoms with Crippen molar-refractivity contribution >= 4 is 17.2 Å². The second-order valence-corrected chi connectivity index (χ2v) is 8.10. The van der Waals surface area contributed by atoms with Crippen molar-refractivity contribution in [1.82, 2.24) is 9.88 Å². The summed E-state index contributed by atoms with van der Waals surface area (Å²) in [6.07, 6.45) is 6.99. The number of halogens is 1. The van der Waals surface area contributed by atoms with Gasteiger partial charge < -0.3 is 4.90 Å². The van der Waals surface area contributed by atoms with E-state index in [9.17, 15) is 9.18 Å². The third-order valence-electron chi connectivity index (χ3n) is 4.91. The number of hydrogen-bond acceptors (Lipinski definition) is 3. The first-order valence-corrected chi connectivity index (χ1v) is 9.81. The summed E-state index contributed by atoms with van der Waals surface area (Å²) in [4.78, 5) is 19.9. The summed E-state index contributed by atoms with van der Waals surface area (Å²) in [5.41, 5.74) is 1.80. The van der Waals surface area contributed by atoms with Crippen molar-refractivity contribution in [3.8, 4) is 0 Å². The molecule has 0 saturated heterocycles. The zero-order valence-corrected chi connectivity index (χ0v) is 15.7. The van der Waals surface area contributed by atoms with Crippen molar-refractivity contribution in [3.63, 3.8) is 0 Å². The smallest absolute Gasteiger partial charge is 0.265 e. The van der Waals surface area contributed by atoms with Gasteiger partial charge in [-0.25, -0.2) is 9.37 Å². The molecule has 1 amide bonds. The van der Waals surface area contributed by atoms with Crippen LogP contribution in [-0.2, 0) is 6.42 Å². The molecule has 0 bridgehead atoms. The molecule has 1 aliphatic rings. The molecule has 0 radical (unpaired) electrons. The summed E-state index contributed by atoms with van der Waals surface area (Å²) in [5, 5.41) is 0.901. The summed E-state index contributed by atoms with van der Waals surface area (Å²) >= 11 is 1.46. The van der Waals surface area contributed by atoms with Gasteiger partial charge in [-0.2, -0.15) is 0 Å². The number of amides is 1. The standard InChI is InChI=1S/C20H25FN2OS/c1-14-19(20(24)23(2)13-16-6-4-3-5-7-16)25-18(22-14)12-15-8-10-17(21)11-9-15/h8-11,16H,3-7,12-13H2,1-2H3. The second-order valence-electron chi connectivity index (χ2n) is 7.02. The normalized spacial score (nSPS) is 15.3. The Labute approximate surface area is 152 Å². The van der Waals surface area contributed by atoms with E-state index in [2.05, 4.69) is 4.98 Å². The fourth-order valence-corrected chi connectivity index (χ4v) is 4.61. The molecule has 1 aromatic heterocycles. The second kappa shape index (κ2) is 8.09. The molecule has 3 rings (SSSR count). The summed E-state index contributed by atoms with van der Waals surface area (Å²) in [7, 11) is 1.90. The number of nitrogens with zero attached hydrogens (tertiary/aromatic N) is 2. The van der Waals surface area contributed by atoms with Crippen LogP contribution in [-0.4, -0.2) is 29.4 Å². The molecule has 0 spiro atoms. The van der Waals surface area contributed by atoms with E-state index in [0.717, 1.165) is 27.7 Å². The number of rotatable bonds is 5. The van der Waals surface area contributed by atoms with Crippen LogP contribution in [0.25, 0.3) is 0 Å². The van der Waals surface area contributed by atoms with Gasteiger partial charge in [0.15, 0.2) is 0 Å². The van der Waals surface area contributed by atoms with Gasteiger partial charge in [-0.05, 0) is 43.4 Å². The zero-order chi connectivity index (χ0) is 17.8. The molecule has 3 nitrogen and oxygen atoms in total. The number of carbonyl (C=O) groups excluding carboxylic acids is 1. The number of carbonyl (C=O) groups is 1. The lowest BCUT2D eigenvalue weighted by Gasteiger charge is -2.26. The van der Waals surface area contributed by atoms with Crippen molar-refractivity contribution in [1.29, 1.82) is 0 Å². The molecule has 0 N–H and O–H groups in total. The maximum atomic E-state index is 13.0. The molecule has 0 atom stereocenters. The van der Waals surface area contributed by atoms with E-state index in [4.69, 9.17) is 0 Å². The van der Waals surface area contributed by atoms with Crippen molar-refractivity contribution < 1.29 is 9.18 Å². The lowest BCUT2D eigenvalue weighted by atomic mass is 9.89. The molecule has 5 heteroatoms. The minimum atomic E-state index is -0.237. The monoisotopic (exact) mass is 360 g/mol. The van der Waals surface area contributed by atoms with Crippen LogP contribution in [0.15, 0.2) is 24.3 Å². The van der Waals surface area contributed by atoms with E-state index in [1.165, 1.54) is 55.6 Å². The van der Waals surface area contributed by atoms with Crippen LogP contribution in [0.3, 0.4) is 0 Å². The van der Waals surface area contributed by atoms with Crippen LogP contribution in [0, 0.1) is 18.7 Å². The Kier molecular flexibility index (Phi) is 5.84. The predicted octanol–water partition coefficient (Wildman–Crippen LogP) is 4.83. The summed E-state index contributed by atoms with van der Waals surface area (Å²) in [6.45, 7) is 2.73. The number of aromatic nitrogens is 1. The average Bonchev–Trinajstić information content (AvgIpc) is 2.97. The number of aryl methyl sites for hydroxylation is 1. The minimum Gasteiger partial charge on any atom is -0.341 e. The van der Waals surface area contributed by atoms with Gasteiger partial charge in [0, 0.05) is 20.0 Å². The number of hydrogen-bond donors (Lipinski definition) is 0. The van der Waals surface area contributed by atoms with Crippen LogP contribution in [0.1, 0.15) is 58.0 Å². The van der Waals surface area contributed by atoms with E-state index in [-0.39, 0.29) is 11.7 Å². The highest BCUT2D eigenvalue weighted by atomic mass is 32.1. The Morgan fingerprint density at radius 1 is 1.24 bits per heavy atom. The first-order chi connectivity index (χ1) is 12.0. The van der Waals surface area contributed by atoms with Crippen molar-refractivity contribution in [2.75, 3.05) is 13.6 Å². The third kappa shape index (κ3) is 4.66. The largest absolute Gasteiger partial charge is 0.341 e. The van der Waals surface area contributed by atoms with Gasteiger partial charge in [-0.3, -0.25) is 4.79 Å². The van der Waals surface area contributed by atoms with Crippen molar-refractivity contribution in [3.05, 3.63) is 51.2 Å². The van der Waals surface area contributed by atoms with E-state index in [0.29, 0.717) is 12.3 Å². The maximum Gasteiger partial charge on any atom is 0.265 e. The van der Waals surface area contributed by atoms with E-state index < -0.39 is 0 Å². The quantitative estimate of drug-likeness (QED) is 0.765. The zero-order valence-electron chi connectivity index (χ0n) is 14.9. The van der Waals surface area contributed by atoms with Gasteiger partial charge >= 0.3 is 0 Å². The van der Waals surface area contributed by atoms with Gasteiger partial charge in [0.25, 0.3) is 5.91 Å². The molecular weight excluding hydrogens is 335 g/mol. The molecule has 1 fully saturated rings. The number of thiazole rings is 1. The van der Waals surface area contributed by atoms with E-state index in [1.54, 1.807) is 12.1 Å². The van der Waals surface area contributed by atoms with Crippen LogP contribution in [0.2, 0.25) is 0 Å². The fraction of sp³-hybridized carbons (Fsp3) is 0.500. The first kappa shape index (κ1) is 18.1. The minimum absolute atomic E-state index is 0.0749.